The molecule has 0 aliphatic carbocycles. The molecule has 0 radical (unpaired) electrons. The van der Waals surface area contributed by atoms with Crippen molar-refractivity contribution >= 4 is 10.8 Å². The van der Waals surface area contributed by atoms with Crippen LogP contribution in [0.4, 0.5) is 0 Å². The van der Waals surface area contributed by atoms with E-state index in [0.29, 0.717) is 6.04 Å². The highest BCUT2D eigenvalue weighted by Crippen LogP contribution is 2.05. The highest BCUT2D eigenvalue weighted by atomic mass is 32.2. The van der Waals surface area contributed by atoms with Gasteiger partial charge in [-0.2, -0.15) is 0 Å². The topological polar surface area (TPSA) is 20.3 Å². The van der Waals surface area contributed by atoms with Crippen molar-refractivity contribution in [3.05, 3.63) is 0 Å². The number of hydrogen-bond donors (Lipinski definition) is 0. The Bertz CT molecular complexity index is 147. The fourth-order valence-electron chi connectivity index (χ4n) is 1.38. The first-order valence-corrected chi connectivity index (χ1v) is 5.78. The molecule has 0 bridgehead atoms. The van der Waals surface area contributed by atoms with Crippen molar-refractivity contribution in [2.45, 2.75) is 26.3 Å². The highest BCUT2D eigenvalue weighted by Gasteiger charge is 2.14. The normalized spacial score (nSPS) is 28.8. The molecule has 1 atom stereocenters. The van der Waals surface area contributed by atoms with Gasteiger partial charge in [0.15, 0.2) is 0 Å². The van der Waals surface area contributed by atoms with E-state index < -0.39 is 10.8 Å². The van der Waals surface area contributed by atoms with Crippen molar-refractivity contribution in [2.24, 2.45) is 0 Å². The monoisotopic (exact) mass is 175 g/mol. The summed E-state index contributed by atoms with van der Waals surface area (Å²) >= 11 is 0. The van der Waals surface area contributed by atoms with Crippen LogP contribution in [0.5, 0.6) is 0 Å². The molecule has 0 aromatic rings. The minimum Gasteiger partial charge on any atom is -0.300 e. The van der Waals surface area contributed by atoms with E-state index in [1.165, 1.54) is 0 Å². The minimum atomic E-state index is -0.536. The van der Waals surface area contributed by atoms with Crippen LogP contribution >= 0.6 is 0 Å². The lowest BCUT2D eigenvalue weighted by atomic mass is 10.3. The first-order valence-electron chi connectivity index (χ1n) is 4.29. The first kappa shape index (κ1) is 9.20. The second-order valence-electron chi connectivity index (χ2n) is 3.33. The molecule has 0 amide bonds. The highest BCUT2D eigenvalue weighted by molar-refractivity contribution is 7.85. The van der Waals surface area contributed by atoms with Crippen molar-refractivity contribution < 1.29 is 4.21 Å². The van der Waals surface area contributed by atoms with Crippen molar-refractivity contribution in [2.75, 3.05) is 24.6 Å². The molecule has 1 unspecified atom stereocenters. The number of rotatable bonds is 1. The molecule has 0 aromatic heterocycles. The predicted octanol–water partition coefficient (Wildman–Crippen LogP) is 0.849. The van der Waals surface area contributed by atoms with Gasteiger partial charge in [-0.25, -0.2) is 0 Å². The molecule has 11 heavy (non-hydrogen) atoms. The molecule has 1 heterocycles. The lowest BCUT2D eigenvalue weighted by Crippen LogP contribution is -2.33. The summed E-state index contributed by atoms with van der Waals surface area (Å²) in [6.07, 6.45) is 1.10. The third-order valence-electron chi connectivity index (χ3n) is 2.15. The van der Waals surface area contributed by atoms with Crippen LogP contribution in [-0.2, 0) is 10.8 Å². The molecule has 0 N–H and O–H groups in total. The van der Waals surface area contributed by atoms with Crippen LogP contribution in [0.3, 0.4) is 0 Å². The third-order valence-corrected chi connectivity index (χ3v) is 3.54. The Balaban J connectivity index is 2.40. The Morgan fingerprint density at radius 3 is 2.64 bits per heavy atom. The van der Waals surface area contributed by atoms with Crippen molar-refractivity contribution in [3.63, 3.8) is 0 Å². The maximum absolute atomic E-state index is 11.1. The van der Waals surface area contributed by atoms with Crippen molar-refractivity contribution in [1.82, 2.24) is 4.90 Å². The van der Waals surface area contributed by atoms with E-state index in [1.807, 2.05) is 0 Å². The Morgan fingerprint density at radius 2 is 2.00 bits per heavy atom. The smallest absolute Gasteiger partial charge is 0.0362 e. The molecule has 66 valence electrons. The van der Waals surface area contributed by atoms with E-state index in [9.17, 15) is 4.21 Å². The standard InChI is InChI=1S/C8H17NOS/c1-8(2)9-4-3-6-11(10)7-5-9/h8H,3-7H2,1-2H3. The average molecular weight is 175 g/mol. The van der Waals surface area contributed by atoms with Gasteiger partial charge >= 0.3 is 0 Å². The van der Waals surface area contributed by atoms with E-state index in [1.54, 1.807) is 0 Å². The second-order valence-corrected chi connectivity index (χ2v) is 5.03. The van der Waals surface area contributed by atoms with Gasteiger partial charge in [-0.15, -0.1) is 0 Å². The molecule has 1 rings (SSSR count). The lowest BCUT2D eigenvalue weighted by molar-refractivity contribution is 0.240. The van der Waals surface area contributed by atoms with Gasteiger partial charge in [0.1, 0.15) is 0 Å². The van der Waals surface area contributed by atoms with Crippen molar-refractivity contribution in [3.8, 4) is 0 Å². The lowest BCUT2D eigenvalue weighted by Gasteiger charge is -2.23. The van der Waals surface area contributed by atoms with E-state index >= 15 is 0 Å². The largest absolute Gasteiger partial charge is 0.300 e. The van der Waals surface area contributed by atoms with Crippen LogP contribution in [0.2, 0.25) is 0 Å². The molecule has 3 heteroatoms. The maximum atomic E-state index is 11.1. The van der Waals surface area contributed by atoms with Crippen LogP contribution in [-0.4, -0.2) is 39.7 Å². The summed E-state index contributed by atoms with van der Waals surface area (Å²) in [4.78, 5) is 2.41. The summed E-state index contributed by atoms with van der Waals surface area (Å²) in [6.45, 7) is 6.55. The van der Waals surface area contributed by atoms with Crippen LogP contribution < -0.4 is 0 Å². The summed E-state index contributed by atoms with van der Waals surface area (Å²) in [5.41, 5.74) is 0. The van der Waals surface area contributed by atoms with Gasteiger partial charge in [-0.1, -0.05) is 0 Å². The van der Waals surface area contributed by atoms with Crippen LogP contribution in [0, 0.1) is 0 Å². The zero-order valence-corrected chi connectivity index (χ0v) is 8.19. The minimum absolute atomic E-state index is 0.536. The third kappa shape index (κ3) is 2.91. The second kappa shape index (κ2) is 4.21. The molecule has 1 fully saturated rings. The Morgan fingerprint density at radius 1 is 1.27 bits per heavy atom. The number of hydrogen-bond acceptors (Lipinski definition) is 2. The van der Waals surface area contributed by atoms with E-state index in [0.717, 1.165) is 31.0 Å². The Labute approximate surface area is 71.4 Å². The average Bonchev–Trinajstić information content (AvgIpc) is 2.13. The fraction of sp³-hybridized carbons (Fsp3) is 1.00. The SMILES string of the molecule is CC(C)N1CCCS(=O)CC1. The zero-order chi connectivity index (χ0) is 8.27. The summed E-state index contributed by atoms with van der Waals surface area (Å²) in [5.74, 6) is 1.78. The summed E-state index contributed by atoms with van der Waals surface area (Å²) < 4.78 is 11.1. The Kier molecular flexibility index (Phi) is 3.52. The Hall–Kier alpha value is 0.110. The van der Waals surface area contributed by atoms with Gasteiger partial charge in [0.2, 0.25) is 0 Å². The van der Waals surface area contributed by atoms with Crippen molar-refractivity contribution in [1.29, 1.82) is 0 Å². The van der Waals surface area contributed by atoms with Gasteiger partial charge in [0.05, 0.1) is 0 Å². The summed E-state index contributed by atoms with van der Waals surface area (Å²) in [5, 5.41) is 0. The molecule has 0 saturated carbocycles. The van der Waals surface area contributed by atoms with Gasteiger partial charge in [-0.05, 0) is 26.8 Å². The molecule has 1 aliphatic rings. The van der Waals surface area contributed by atoms with E-state index in [4.69, 9.17) is 0 Å². The summed E-state index contributed by atoms with van der Waals surface area (Å²) in [6, 6.07) is 0.616. The van der Waals surface area contributed by atoms with Gasteiger partial charge in [0, 0.05) is 34.9 Å². The maximum Gasteiger partial charge on any atom is 0.0362 e. The van der Waals surface area contributed by atoms with Gasteiger partial charge in [-0.3, -0.25) is 9.11 Å². The van der Waals surface area contributed by atoms with Crippen LogP contribution in [0.1, 0.15) is 20.3 Å². The molecule has 0 spiro atoms. The van der Waals surface area contributed by atoms with Crippen LogP contribution in [0.25, 0.3) is 0 Å². The van der Waals surface area contributed by atoms with Gasteiger partial charge < -0.3 is 0 Å². The predicted molar refractivity (Wildman–Crippen MR) is 49.2 cm³/mol. The summed E-state index contributed by atoms with van der Waals surface area (Å²) in [7, 11) is -0.536. The molecular formula is C8H17NOS. The quantitative estimate of drug-likeness (QED) is 0.589. The molecule has 0 aromatic carbocycles. The molecular weight excluding hydrogens is 158 g/mol. The van der Waals surface area contributed by atoms with Crippen LogP contribution in [0.15, 0.2) is 0 Å². The molecule has 2 nitrogen and oxygen atoms in total. The first-order chi connectivity index (χ1) is 5.20. The molecule has 1 saturated heterocycles. The fourth-order valence-corrected chi connectivity index (χ4v) is 2.47. The number of nitrogens with zero attached hydrogens (tertiary/aromatic N) is 1. The van der Waals surface area contributed by atoms with Gasteiger partial charge in [0.25, 0.3) is 0 Å². The van der Waals surface area contributed by atoms with E-state index in [2.05, 4.69) is 18.7 Å². The van der Waals surface area contributed by atoms with E-state index in [-0.39, 0.29) is 0 Å². The molecule has 1 aliphatic heterocycles. The zero-order valence-electron chi connectivity index (χ0n) is 7.38.